The molecule has 0 unspecified atom stereocenters. The highest BCUT2D eigenvalue weighted by molar-refractivity contribution is 5.97. The summed E-state index contributed by atoms with van der Waals surface area (Å²) in [5.41, 5.74) is 4.97. The number of nitrogens with zero attached hydrogens (tertiary/aromatic N) is 2. The highest BCUT2D eigenvalue weighted by atomic mass is 16.2. The van der Waals surface area contributed by atoms with Crippen LogP contribution in [0.2, 0.25) is 0 Å². The maximum absolute atomic E-state index is 12.5. The summed E-state index contributed by atoms with van der Waals surface area (Å²) in [6, 6.07) is 16.8. The molecule has 0 bridgehead atoms. The lowest BCUT2D eigenvalue weighted by Gasteiger charge is -2.05. The second kappa shape index (κ2) is 8.57. The minimum atomic E-state index is -0.148. The third-order valence-corrected chi connectivity index (χ3v) is 4.61. The molecular formula is C23H21N5O2. The van der Waals surface area contributed by atoms with E-state index in [0.29, 0.717) is 18.5 Å². The first-order chi connectivity index (χ1) is 14.6. The van der Waals surface area contributed by atoms with Crippen molar-refractivity contribution in [1.82, 2.24) is 20.3 Å². The fourth-order valence-corrected chi connectivity index (χ4v) is 3.18. The quantitative estimate of drug-likeness (QED) is 0.462. The highest BCUT2D eigenvalue weighted by Gasteiger charge is 2.10. The van der Waals surface area contributed by atoms with Crippen molar-refractivity contribution in [1.29, 1.82) is 0 Å². The van der Waals surface area contributed by atoms with Crippen molar-refractivity contribution in [2.75, 3.05) is 5.32 Å². The third-order valence-electron chi connectivity index (χ3n) is 4.61. The Balaban J connectivity index is 1.44. The number of aromatic amines is 1. The third kappa shape index (κ3) is 4.70. The summed E-state index contributed by atoms with van der Waals surface area (Å²) in [5, 5.41) is 5.65. The van der Waals surface area contributed by atoms with Gasteiger partial charge in [-0.2, -0.15) is 0 Å². The molecule has 30 heavy (non-hydrogen) atoms. The van der Waals surface area contributed by atoms with Gasteiger partial charge in [0.25, 0.3) is 5.91 Å². The van der Waals surface area contributed by atoms with Crippen molar-refractivity contribution in [3.05, 3.63) is 89.5 Å². The zero-order chi connectivity index (χ0) is 20.9. The first kappa shape index (κ1) is 19.3. The monoisotopic (exact) mass is 399 g/mol. The van der Waals surface area contributed by atoms with Gasteiger partial charge in [-0.05, 0) is 47.5 Å². The van der Waals surface area contributed by atoms with Gasteiger partial charge in [-0.25, -0.2) is 4.98 Å². The van der Waals surface area contributed by atoms with Crippen molar-refractivity contribution in [3.63, 3.8) is 0 Å². The van der Waals surface area contributed by atoms with Gasteiger partial charge in [0.2, 0.25) is 5.91 Å². The Hall–Kier alpha value is -4.00. The molecule has 7 nitrogen and oxygen atoms in total. The van der Waals surface area contributed by atoms with Gasteiger partial charge in [0.05, 0.1) is 11.0 Å². The van der Waals surface area contributed by atoms with E-state index in [1.807, 2.05) is 48.5 Å². The number of fused-ring (bicyclic) bond motifs is 1. The van der Waals surface area contributed by atoms with Gasteiger partial charge in [0.1, 0.15) is 5.82 Å². The van der Waals surface area contributed by atoms with E-state index >= 15 is 0 Å². The lowest BCUT2D eigenvalue weighted by molar-refractivity contribution is -0.114. The first-order valence-corrected chi connectivity index (χ1v) is 9.59. The van der Waals surface area contributed by atoms with Crippen molar-refractivity contribution < 1.29 is 9.59 Å². The standard InChI is InChI=1S/C23H21N5O2/c1-15(29)26-19-7-4-16(5-8-19)11-22-27-20-9-6-18(12-21(20)28-22)23(30)25-14-17-3-2-10-24-13-17/h2-10,12-13H,11,14H2,1H3,(H,25,30)(H,26,29)(H,27,28). The fraction of sp³-hybridized carbons (Fsp3) is 0.130. The van der Waals surface area contributed by atoms with Crippen molar-refractivity contribution in [3.8, 4) is 0 Å². The van der Waals surface area contributed by atoms with Crippen LogP contribution in [0, 0.1) is 0 Å². The van der Waals surface area contributed by atoms with Crippen LogP contribution >= 0.6 is 0 Å². The molecule has 0 aliphatic heterocycles. The summed E-state index contributed by atoms with van der Waals surface area (Å²) in [6.45, 7) is 1.91. The molecule has 3 N–H and O–H groups in total. The number of rotatable bonds is 6. The van der Waals surface area contributed by atoms with Crippen LogP contribution < -0.4 is 10.6 Å². The van der Waals surface area contributed by atoms with E-state index in [0.717, 1.165) is 33.7 Å². The van der Waals surface area contributed by atoms with Crippen LogP contribution in [0.5, 0.6) is 0 Å². The van der Waals surface area contributed by atoms with E-state index in [1.165, 1.54) is 6.92 Å². The van der Waals surface area contributed by atoms with Gasteiger partial charge >= 0.3 is 0 Å². The van der Waals surface area contributed by atoms with E-state index in [4.69, 9.17) is 0 Å². The largest absolute Gasteiger partial charge is 0.348 e. The van der Waals surface area contributed by atoms with Gasteiger partial charge in [0, 0.05) is 43.5 Å². The van der Waals surface area contributed by atoms with Crippen molar-refractivity contribution in [2.24, 2.45) is 0 Å². The molecule has 7 heteroatoms. The number of carbonyl (C=O) groups excluding carboxylic acids is 2. The van der Waals surface area contributed by atoms with E-state index in [2.05, 4.69) is 25.6 Å². The van der Waals surface area contributed by atoms with E-state index in [1.54, 1.807) is 18.5 Å². The number of anilines is 1. The first-order valence-electron chi connectivity index (χ1n) is 9.59. The Morgan fingerprint density at radius 3 is 2.60 bits per heavy atom. The van der Waals surface area contributed by atoms with Gasteiger partial charge < -0.3 is 15.6 Å². The van der Waals surface area contributed by atoms with Crippen LogP contribution in [-0.4, -0.2) is 26.8 Å². The summed E-state index contributed by atoms with van der Waals surface area (Å²) in [7, 11) is 0. The predicted molar refractivity (Wildman–Crippen MR) is 115 cm³/mol. The fourth-order valence-electron chi connectivity index (χ4n) is 3.18. The average Bonchev–Trinajstić information content (AvgIpc) is 3.15. The molecule has 0 spiro atoms. The van der Waals surface area contributed by atoms with Crippen LogP contribution in [0.25, 0.3) is 11.0 Å². The molecule has 0 aliphatic carbocycles. The number of H-pyrrole nitrogens is 1. The number of imidazole rings is 1. The average molecular weight is 399 g/mol. The molecule has 0 saturated carbocycles. The molecule has 2 aromatic heterocycles. The molecule has 2 aromatic carbocycles. The Labute approximate surface area is 173 Å². The number of pyridine rings is 1. The Morgan fingerprint density at radius 1 is 1.03 bits per heavy atom. The minimum absolute atomic E-state index is 0.0969. The molecule has 0 aliphatic rings. The molecule has 2 amide bonds. The van der Waals surface area contributed by atoms with Gasteiger partial charge in [-0.1, -0.05) is 18.2 Å². The smallest absolute Gasteiger partial charge is 0.251 e. The van der Waals surface area contributed by atoms with E-state index in [9.17, 15) is 9.59 Å². The predicted octanol–water partition coefficient (Wildman–Crippen LogP) is 3.44. The normalized spacial score (nSPS) is 10.7. The summed E-state index contributed by atoms with van der Waals surface area (Å²) in [4.78, 5) is 35.5. The van der Waals surface area contributed by atoms with Crippen molar-refractivity contribution in [2.45, 2.75) is 19.9 Å². The SMILES string of the molecule is CC(=O)Nc1ccc(Cc2nc3ccc(C(=O)NCc4cccnc4)cc3[nH]2)cc1. The minimum Gasteiger partial charge on any atom is -0.348 e. The second-order valence-corrected chi connectivity index (χ2v) is 7.01. The zero-order valence-corrected chi connectivity index (χ0v) is 16.5. The van der Waals surface area contributed by atoms with Crippen LogP contribution in [0.3, 0.4) is 0 Å². The van der Waals surface area contributed by atoms with E-state index in [-0.39, 0.29) is 11.8 Å². The van der Waals surface area contributed by atoms with Crippen LogP contribution in [-0.2, 0) is 17.8 Å². The number of carbonyl (C=O) groups is 2. The number of amides is 2. The second-order valence-electron chi connectivity index (χ2n) is 7.01. The van der Waals surface area contributed by atoms with Gasteiger partial charge in [-0.3, -0.25) is 14.6 Å². The van der Waals surface area contributed by atoms with Crippen LogP contribution in [0.4, 0.5) is 5.69 Å². The number of aromatic nitrogens is 3. The Morgan fingerprint density at radius 2 is 1.87 bits per heavy atom. The lowest BCUT2D eigenvalue weighted by Crippen LogP contribution is -2.22. The zero-order valence-electron chi connectivity index (χ0n) is 16.5. The Kier molecular flexibility index (Phi) is 5.52. The molecule has 0 fully saturated rings. The molecule has 4 aromatic rings. The Bertz CT molecular complexity index is 1180. The highest BCUT2D eigenvalue weighted by Crippen LogP contribution is 2.17. The topological polar surface area (TPSA) is 99.8 Å². The molecule has 0 atom stereocenters. The number of nitrogens with one attached hydrogen (secondary N) is 3. The molecular weight excluding hydrogens is 378 g/mol. The maximum atomic E-state index is 12.5. The molecule has 4 rings (SSSR count). The van der Waals surface area contributed by atoms with E-state index < -0.39 is 0 Å². The van der Waals surface area contributed by atoms with Crippen LogP contribution in [0.15, 0.2) is 67.0 Å². The van der Waals surface area contributed by atoms with Crippen LogP contribution in [0.1, 0.15) is 34.2 Å². The van der Waals surface area contributed by atoms with Gasteiger partial charge in [0.15, 0.2) is 0 Å². The summed E-state index contributed by atoms with van der Waals surface area (Å²) >= 11 is 0. The number of hydrogen-bond acceptors (Lipinski definition) is 4. The molecule has 0 saturated heterocycles. The number of hydrogen-bond donors (Lipinski definition) is 3. The maximum Gasteiger partial charge on any atom is 0.251 e. The number of benzene rings is 2. The lowest BCUT2D eigenvalue weighted by atomic mass is 10.1. The summed E-state index contributed by atoms with van der Waals surface area (Å²) in [6.07, 6.45) is 4.05. The summed E-state index contributed by atoms with van der Waals surface area (Å²) < 4.78 is 0. The molecule has 0 radical (unpaired) electrons. The van der Waals surface area contributed by atoms with Gasteiger partial charge in [-0.15, -0.1) is 0 Å². The molecule has 2 heterocycles. The molecule has 150 valence electrons. The van der Waals surface area contributed by atoms with Crippen molar-refractivity contribution >= 4 is 28.5 Å². The summed E-state index contributed by atoms with van der Waals surface area (Å²) in [5.74, 6) is 0.566.